The molecule has 0 aliphatic carbocycles. The van der Waals surface area contributed by atoms with Gasteiger partial charge in [-0.1, -0.05) is 31.2 Å². The van der Waals surface area contributed by atoms with Gasteiger partial charge in [-0.3, -0.25) is 4.79 Å². The van der Waals surface area contributed by atoms with Crippen LogP contribution in [-0.2, 0) is 0 Å². The van der Waals surface area contributed by atoms with Crippen LogP contribution in [0.3, 0.4) is 0 Å². The maximum atomic E-state index is 12.5. The molecule has 1 heterocycles. The third kappa shape index (κ3) is 4.54. The molecule has 1 N–H and O–H groups in total. The smallest absolute Gasteiger partial charge is 0.252 e. The van der Waals surface area contributed by atoms with Gasteiger partial charge in [-0.2, -0.15) is 0 Å². The molecule has 1 aliphatic heterocycles. The molecule has 0 unspecified atom stereocenters. The SMILES string of the molecule is C[C@@H]1CCCN(c2ccc([C@H](C)NC(=O)c3ccccc3I)cc2)C1. The van der Waals surface area contributed by atoms with Gasteiger partial charge in [0.05, 0.1) is 11.6 Å². The van der Waals surface area contributed by atoms with Gasteiger partial charge in [-0.25, -0.2) is 0 Å². The van der Waals surface area contributed by atoms with E-state index in [2.05, 4.69) is 64.0 Å². The van der Waals surface area contributed by atoms with Crippen molar-refractivity contribution < 1.29 is 4.79 Å². The highest BCUT2D eigenvalue weighted by Crippen LogP contribution is 2.25. The lowest BCUT2D eigenvalue weighted by Crippen LogP contribution is -2.34. The summed E-state index contributed by atoms with van der Waals surface area (Å²) in [5, 5.41) is 3.10. The number of piperidine rings is 1. The third-order valence-corrected chi connectivity index (χ3v) is 5.82. The summed E-state index contributed by atoms with van der Waals surface area (Å²) in [6, 6.07) is 16.3. The third-order valence-electron chi connectivity index (χ3n) is 4.88. The molecule has 3 rings (SSSR count). The number of nitrogens with one attached hydrogen (secondary N) is 1. The van der Waals surface area contributed by atoms with Crippen LogP contribution in [0.4, 0.5) is 5.69 Å². The summed E-state index contributed by atoms with van der Waals surface area (Å²) in [5.41, 5.74) is 3.15. The first-order valence-electron chi connectivity index (χ1n) is 8.95. The highest BCUT2D eigenvalue weighted by atomic mass is 127. The predicted molar refractivity (Wildman–Crippen MR) is 112 cm³/mol. The molecule has 1 fully saturated rings. The van der Waals surface area contributed by atoms with Gasteiger partial charge in [0.1, 0.15) is 0 Å². The number of nitrogens with zero attached hydrogens (tertiary/aromatic N) is 1. The Bertz CT molecular complexity index is 729. The standard InChI is InChI=1S/C21H25IN2O/c1-15-6-5-13-24(14-15)18-11-9-17(10-12-18)16(2)23-21(25)19-7-3-4-8-20(19)22/h3-4,7-12,15-16H,5-6,13-14H2,1-2H3,(H,23,25)/t15-,16+/m1/s1. The van der Waals surface area contributed by atoms with Gasteiger partial charge < -0.3 is 10.2 Å². The van der Waals surface area contributed by atoms with Crippen molar-refractivity contribution in [2.45, 2.75) is 32.7 Å². The molecule has 3 nitrogen and oxygen atoms in total. The van der Waals surface area contributed by atoms with Crippen LogP contribution in [0, 0.1) is 9.49 Å². The van der Waals surface area contributed by atoms with E-state index in [1.165, 1.54) is 18.5 Å². The minimum absolute atomic E-state index is 0.0159. The fourth-order valence-electron chi connectivity index (χ4n) is 3.40. The van der Waals surface area contributed by atoms with Crippen LogP contribution in [0.15, 0.2) is 48.5 Å². The number of anilines is 1. The Balaban J connectivity index is 1.65. The first kappa shape index (κ1) is 18.2. The van der Waals surface area contributed by atoms with Crippen molar-refractivity contribution in [1.29, 1.82) is 0 Å². The number of carbonyl (C=O) groups is 1. The van der Waals surface area contributed by atoms with E-state index in [1.54, 1.807) is 0 Å². The Kier molecular flexibility index (Phi) is 5.99. The van der Waals surface area contributed by atoms with E-state index in [0.717, 1.165) is 33.7 Å². The lowest BCUT2D eigenvalue weighted by atomic mass is 9.99. The van der Waals surface area contributed by atoms with Crippen LogP contribution >= 0.6 is 22.6 Å². The zero-order valence-corrected chi connectivity index (χ0v) is 17.0. The number of hydrogen-bond donors (Lipinski definition) is 1. The maximum Gasteiger partial charge on any atom is 0.252 e. The molecule has 0 aromatic heterocycles. The van der Waals surface area contributed by atoms with Gasteiger partial charge in [0.25, 0.3) is 5.91 Å². The molecular weight excluding hydrogens is 423 g/mol. The molecule has 2 atom stereocenters. The molecule has 0 bridgehead atoms. The van der Waals surface area contributed by atoms with Crippen molar-refractivity contribution in [2.75, 3.05) is 18.0 Å². The van der Waals surface area contributed by atoms with Crippen molar-refractivity contribution >= 4 is 34.2 Å². The molecule has 2 aromatic carbocycles. The highest BCUT2D eigenvalue weighted by Gasteiger charge is 2.17. The second-order valence-corrected chi connectivity index (χ2v) is 8.12. The van der Waals surface area contributed by atoms with Crippen molar-refractivity contribution in [3.8, 4) is 0 Å². The number of rotatable bonds is 4. The topological polar surface area (TPSA) is 32.3 Å². The summed E-state index contributed by atoms with van der Waals surface area (Å²) in [6.07, 6.45) is 2.60. The highest BCUT2D eigenvalue weighted by molar-refractivity contribution is 14.1. The number of halogens is 1. The van der Waals surface area contributed by atoms with Crippen LogP contribution in [-0.4, -0.2) is 19.0 Å². The first-order valence-corrected chi connectivity index (χ1v) is 10.0. The molecule has 0 radical (unpaired) electrons. The number of carbonyl (C=O) groups excluding carboxylic acids is 1. The number of benzene rings is 2. The largest absolute Gasteiger partial charge is 0.371 e. The van der Waals surface area contributed by atoms with E-state index in [9.17, 15) is 4.79 Å². The van der Waals surface area contributed by atoms with Crippen molar-refractivity contribution in [3.63, 3.8) is 0 Å². The molecule has 0 saturated carbocycles. The quantitative estimate of drug-likeness (QED) is 0.667. The summed E-state index contributed by atoms with van der Waals surface area (Å²) < 4.78 is 0.972. The molecule has 132 valence electrons. The van der Waals surface area contributed by atoms with E-state index in [-0.39, 0.29) is 11.9 Å². The summed E-state index contributed by atoms with van der Waals surface area (Å²) in [7, 11) is 0. The van der Waals surface area contributed by atoms with Crippen LogP contribution in [0.1, 0.15) is 48.7 Å². The molecule has 4 heteroatoms. The first-order chi connectivity index (χ1) is 12.0. The molecule has 2 aromatic rings. The maximum absolute atomic E-state index is 12.5. The molecule has 1 amide bonds. The number of amides is 1. The molecule has 25 heavy (non-hydrogen) atoms. The van der Waals surface area contributed by atoms with E-state index < -0.39 is 0 Å². The van der Waals surface area contributed by atoms with E-state index in [0.29, 0.717) is 0 Å². The minimum atomic E-state index is -0.0218. The molecular formula is C21H25IN2O. The molecule has 0 spiro atoms. The Hall–Kier alpha value is -1.56. The second-order valence-electron chi connectivity index (χ2n) is 6.96. The Morgan fingerprint density at radius 1 is 1.20 bits per heavy atom. The minimum Gasteiger partial charge on any atom is -0.371 e. The Morgan fingerprint density at radius 3 is 2.60 bits per heavy atom. The average molecular weight is 448 g/mol. The monoisotopic (exact) mass is 448 g/mol. The van der Waals surface area contributed by atoms with Gasteiger partial charge in [0.15, 0.2) is 0 Å². The van der Waals surface area contributed by atoms with Crippen LogP contribution in [0.25, 0.3) is 0 Å². The summed E-state index contributed by atoms with van der Waals surface area (Å²) in [4.78, 5) is 14.9. The number of hydrogen-bond acceptors (Lipinski definition) is 2. The fraction of sp³-hybridized carbons (Fsp3) is 0.381. The van der Waals surface area contributed by atoms with E-state index in [4.69, 9.17) is 0 Å². The lowest BCUT2D eigenvalue weighted by molar-refractivity contribution is 0.0939. The molecule has 1 saturated heterocycles. The Labute approximate surface area is 164 Å². The fourth-order valence-corrected chi connectivity index (χ4v) is 4.03. The van der Waals surface area contributed by atoms with Crippen molar-refractivity contribution in [1.82, 2.24) is 5.32 Å². The Morgan fingerprint density at radius 2 is 1.92 bits per heavy atom. The zero-order valence-electron chi connectivity index (χ0n) is 14.8. The van der Waals surface area contributed by atoms with Crippen LogP contribution in [0.5, 0.6) is 0 Å². The summed E-state index contributed by atoms with van der Waals surface area (Å²) in [5.74, 6) is 0.742. The normalized spacial score (nSPS) is 18.7. The zero-order chi connectivity index (χ0) is 17.8. The van der Waals surface area contributed by atoms with Gasteiger partial charge in [0, 0.05) is 22.3 Å². The average Bonchev–Trinajstić information content (AvgIpc) is 2.62. The van der Waals surface area contributed by atoms with Gasteiger partial charge in [-0.15, -0.1) is 0 Å². The van der Waals surface area contributed by atoms with E-state index in [1.807, 2.05) is 31.2 Å². The molecule has 1 aliphatic rings. The van der Waals surface area contributed by atoms with Crippen molar-refractivity contribution in [3.05, 3.63) is 63.2 Å². The van der Waals surface area contributed by atoms with Gasteiger partial charge >= 0.3 is 0 Å². The van der Waals surface area contributed by atoms with Crippen LogP contribution in [0.2, 0.25) is 0 Å². The van der Waals surface area contributed by atoms with Crippen molar-refractivity contribution in [2.24, 2.45) is 5.92 Å². The second kappa shape index (κ2) is 8.21. The summed E-state index contributed by atoms with van der Waals surface area (Å²) >= 11 is 2.20. The van der Waals surface area contributed by atoms with Gasteiger partial charge in [-0.05, 0) is 78.1 Å². The lowest BCUT2D eigenvalue weighted by Gasteiger charge is -2.33. The van der Waals surface area contributed by atoms with Crippen LogP contribution < -0.4 is 10.2 Å². The summed E-state index contributed by atoms with van der Waals surface area (Å²) in [6.45, 7) is 6.63. The predicted octanol–water partition coefficient (Wildman–Crippen LogP) is 5.02. The van der Waals surface area contributed by atoms with Gasteiger partial charge in [0.2, 0.25) is 0 Å². The van der Waals surface area contributed by atoms with E-state index >= 15 is 0 Å².